The molecule has 1 saturated carbocycles. The number of carbonyl (C=O) groups excluding carboxylic acids is 1. The predicted molar refractivity (Wildman–Crippen MR) is 114 cm³/mol. The third-order valence-electron chi connectivity index (χ3n) is 5.49. The average molecular weight is 417 g/mol. The van der Waals surface area contributed by atoms with Gasteiger partial charge in [-0.1, -0.05) is 37.5 Å². The van der Waals surface area contributed by atoms with Crippen molar-refractivity contribution in [2.75, 3.05) is 25.0 Å². The van der Waals surface area contributed by atoms with Crippen molar-refractivity contribution in [1.82, 2.24) is 4.90 Å². The summed E-state index contributed by atoms with van der Waals surface area (Å²) in [4.78, 5) is 14.8. The van der Waals surface area contributed by atoms with E-state index in [4.69, 9.17) is 4.74 Å². The first-order valence-electron chi connectivity index (χ1n) is 9.91. The fourth-order valence-electron chi connectivity index (χ4n) is 3.69. The molecular formula is C22H28N2O4S. The standard InChI is InChI=1S/C22H28N2O4S/c1-23(18-9-5-3-6-10-18)22(25)17-24(19-11-7-4-8-12-19)29(26,27)21-15-13-20(28-2)14-16-21/h4,7-8,11-16,18H,3,5-6,9-10,17H2,1-2H3. The van der Waals surface area contributed by atoms with Crippen LogP contribution in [0.2, 0.25) is 0 Å². The summed E-state index contributed by atoms with van der Waals surface area (Å²) in [6.45, 7) is -0.231. The molecule has 0 aromatic heterocycles. The van der Waals surface area contributed by atoms with Gasteiger partial charge in [0.15, 0.2) is 0 Å². The molecule has 6 nitrogen and oxygen atoms in total. The first-order valence-corrected chi connectivity index (χ1v) is 11.3. The number of hydrogen-bond donors (Lipinski definition) is 0. The number of methoxy groups -OCH3 is 1. The van der Waals surface area contributed by atoms with Crippen LogP contribution in [0.1, 0.15) is 32.1 Å². The lowest BCUT2D eigenvalue weighted by Gasteiger charge is -2.33. The van der Waals surface area contributed by atoms with Gasteiger partial charge in [-0.25, -0.2) is 8.42 Å². The lowest BCUT2D eigenvalue weighted by Crippen LogP contribution is -2.45. The highest BCUT2D eigenvalue weighted by atomic mass is 32.2. The minimum Gasteiger partial charge on any atom is -0.497 e. The number of nitrogens with zero attached hydrogens (tertiary/aromatic N) is 2. The Morgan fingerprint density at radius 3 is 2.21 bits per heavy atom. The Labute approximate surface area is 173 Å². The van der Waals surface area contributed by atoms with Crippen LogP contribution in [0.3, 0.4) is 0 Å². The Balaban J connectivity index is 1.89. The molecule has 0 radical (unpaired) electrons. The normalized spacial score (nSPS) is 15.0. The van der Waals surface area contributed by atoms with Gasteiger partial charge in [0, 0.05) is 13.1 Å². The average Bonchev–Trinajstić information content (AvgIpc) is 2.77. The van der Waals surface area contributed by atoms with Crippen molar-refractivity contribution in [3.8, 4) is 5.75 Å². The van der Waals surface area contributed by atoms with Crippen LogP contribution in [0, 0.1) is 0 Å². The van der Waals surface area contributed by atoms with Gasteiger partial charge in [-0.05, 0) is 49.2 Å². The Morgan fingerprint density at radius 2 is 1.62 bits per heavy atom. The van der Waals surface area contributed by atoms with E-state index in [1.165, 1.54) is 30.0 Å². The van der Waals surface area contributed by atoms with Gasteiger partial charge in [-0.3, -0.25) is 9.10 Å². The van der Waals surface area contributed by atoms with Gasteiger partial charge in [0.05, 0.1) is 17.7 Å². The maximum Gasteiger partial charge on any atom is 0.264 e. The van der Waals surface area contributed by atoms with Crippen LogP contribution in [0.25, 0.3) is 0 Å². The molecule has 0 unspecified atom stereocenters. The number of benzene rings is 2. The van der Waals surface area contributed by atoms with Gasteiger partial charge in [-0.15, -0.1) is 0 Å². The molecule has 0 saturated heterocycles. The zero-order chi connectivity index (χ0) is 20.9. The molecule has 1 fully saturated rings. The third-order valence-corrected chi connectivity index (χ3v) is 7.27. The van der Waals surface area contributed by atoms with Crippen LogP contribution < -0.4 is 9.04 Å². The molecule has 2 aromatic rings. The topological polar surface area (TPSA) is 66.9 Å². The summed E-state index contributed by atoms with van der Waals surface area (Å²) < 4.78 is 33.1. The Bertz CT molecular complexity index is 908. The molecule has 3 rings (SSSR count). The molecule has 0 atom stereocenters. The number of rotatable bonds is 7. The van der Waals surface area contributed by atoms with Gasteiger partial charge in [0.2, 0.25) is 5.91 Å². The molecule has 0 N–H and O–H groups in total. The van der Waals surface area contributed by atoms with Crippen LogP contribution in [0.4, 0.5) is 5.69 Å². The van der Waals surface area contributed by atoms with Gasteiger partial charge >= 0.3 is 0 Å². The van der Waals surface area contributed by atoms with Crippen molar-refractivity contribution < 1.29 is 17.9 Å². The summed E-state index contributed by atoms with van der Waals surface area (Å²) in [5, 5.41) is 0. The van der Waals surface area contributed by atoms with E-state index < -0.39 is 10.0 Å². The van der Waals surface area contributed by atoms with E-state index in [-0.39, 0.29) is 23.4 Å². The van der Waals surface area contributed by atoms with E-state index in [2.05, 4.69) is 0 Å². The monoisotopic (exact) mass is 416 g/mol. The summed E-state index contributed by atoms with van der Waals surface area (Å²) in [5.74, 6) is 0.376. The van der Waals surface area contributed by atoms with E-state index in [0.29, 0.717) is 11.4 Å². The minimum atomic E-state index is -3.91. The predicted octanol–water partition coefficient (Wildman–Crippen LogP) is 3.68. The molecule has 2 aromatic carbocycles. The van der Waals surface area contributed by atoms with Crippen molar-refractivity contribution in [1.29, 1.82) is 0 Å². The number of ether oxygens (including phenoxy) is 1. The molecule has 29 heavy (non-hydrogen) atoms. The van der Waals surface area contributed by atoms with E-state index in [0.717, 1.165) is 25.7 Å². The van der Waals surface area contributed by atoms with Crippen molar-refractivity contribution in [3.05, 3.63) is 54.6 Å². The maximum absolute atomic E-state index is 13.4. The molecule has 0 spiro atoms. The highest BCUT2D eigenvalue weighted by molar-refractivity contribution is 7.92. The van der Waals surface area contributed by atoms with Gasteiger partial charge in [0.25, 0.3) is 10.0 Å². The Morgan fingerprint density at radius 1 is 1.00 bits per heavy atom. The van der Waals surface area contributed by atoms with Gasteiger partial charge in [-0.2, -0.15) is 0 Å². The van der Waals surface area contributed by atoms with Gasteiger partial charge in [0.1, 0.15) is 12.3 Å². The van der Waals surface area contributed by atoms with E-state index in [9.17, 15) is 13.2 Å². The number of likely N-dealkylation sites (N-methyl/N-ethyl adjacent to an activating group) is 1. The van der Waals surface area contributed by atoms with Gasteiger partial charge < -0.3 is 9.64 Å². The molecule has 7 heteroatoms. The lowest BCUT2D eigenvalue weighted by atomic mass is 9.94. The highest BCUT2D eigenvalue weighted by Gasteiger charge is 2.30. The fraction of sp³-hybridized carbons (Fsp3) is 0.409. The molecular weight excluding hydrogens is 388 g/mol. The summed E-state index contributed by atoms with van der Waals surface area (Å²) >= 11 is 0. The van der Waals surface area contributed by atoms with Crippen molar-refractivity contribution in [3.63, 3.8) is 0 Å². The number of hydrogen-bond acceptors (Lipinski definition) is 4. The second-order valence-corrected chi connectivity index (χ2v) is 9.18. The van der Waals surface area contributed by atoms with Crippen molar-refractivity contribution >= 4 is 21.6 Å². The van der Waals surface area contributed by atoms with Crippen LogP contribution in [-0.2, 0) is 14.8 Å². The summed E-state index contributed by atoms with van der Waals surface area (Å²) in [5.41, 5.74) is 0.466. The fourth-order valence-corrected chi connectivity index (χ4v) is 5.10. The minimum absolute atomic E-state index is 0.121. The third kappa shape index (κ3) is 4.90. The van der Waals surface area contributed by atoms with E-state index in [1.807, 2.05) is 6.07 Å². The number of amides is 1. The summed E-state index contributed by atoms with van der Waals surface area (Å²) in [6, 6.07) is 15.1. The molecule has 1 aliphatic carbocycles. The number of carbonyl (C=O) groups is 1. The summed E-state index contributed by atoms with van der Waals surface area (Å²) in [6.07, 6.45) is 5.35. The molecule has 156 valence electrons. The molecule has 1 aliphatic rings. The maximum atomic E-state index is 13.4. The summed E-state index contributed by atoms with van der Waals surface area (Å²) in [7, 11) is -0.602. The van der Waals surface area contributed by atoms with Crippen LogP contribution in [0.15, 0.2) is 59.5 Å². The zero-order valence-corrected chi connectivity index (χ0v) is 17.8. The molecule has 0 aliphatic heterocycles. The van der Waals surface area contributed by atoms with Crippen LogP contribution in [-0.4, -0.2) is 46.0 Å². The smallest absolute Gasteiger partial charge is 0.264 e. The molecule has 0 bridgehead atoms. The second kappa shape index (κ2) is 9.31. The Kier molecular flexibility index (Phi) is 6.79. The van der Waals surface area contributed by atoms with Crippen molar-refractivity contribution in [2.24, 2.45) is 0 Å². The molecule has 0 heterocycles. The largest absolute Gasteiger partial charge is 0.497 e. The zero-order valence-electron chi connectivity index (χ0n) is 17.0. The first kappa shape index (κ1) is 21.2. The number of sulfonamides is 1. The van der Waals surface area contributed by atoms with Crippen LogP contribution >= 0.6 is 0 Å². The highest BCUT2D eigenvalue weighted by Crippen LogP contribution is 2.26. The van der Waals surface area contributed by atoms with E-state index >= 15 is 0 Å². The molecule has 1 amide bonds. The second-order valence-electron chi connectivity index (χ2n) is 7.32. The Hall–Kier alpha value is -2.54. The SMILES string of the molecule is COc1ccc(S(=O)(=O)N(CC(=O)N(C)C2CCCCC2)c2ccccc2)cc1. The number of anilines is 1. The first-order chi connectivity index (χ1) is 13.9. The van der Waals surface area contributed by atoms with E-state index in [1.54, 1.807) is 48.3 Å². The van der Waals surface area contributed by atoms with Crippen molar-refractivity contribution in [2.45, 2.75) is 43.0 Å². The lowest BCUT2D eigenvalue weighted by molar-refractivity contribution is -0.130. The van der Waals surface area contributed by atoms with Crippen LogP contribution in [0.5, 0.6) is 5.75 Å². The number of para-hydroxylation sites is 1. The quantitative estimate of drug-likeness (QED) is 0.691.